The topological polar surface area (TPSA) is 39.1 Å². The molecule has 1 heterocycles. The van der Waals surface area contributed by atoms with Gasteiger partial charge in [0.25, 0.3) is 0 Å². The molecule has 0 radical (unpaired) electrons. The Labute approximate surface area is 117 Å². The largest absolute Gasteiger partial charge is 0.382 e. The van der Waals surface area contributed by atoms with E-state index < -0.39 is 0 Å². The van der Waals surface area contributed by atoms with Gasteiger partial charge in [0.1, 0.15) is 0 Å². The fraction of sp³-hybridized carbons (Fsp3) is 0.800. The summed E-state index contributed by atoms with van der Waals surface area (Å²) in [7, 11) is 3.77. The predicted molar refractivity (Wildman–Crippen MR) is 79.5 cm³/mol. The number of methoxy groups -OCH3 is 1. The van der Waals surface area contributed by atoms with E-state index in [1.807, 2.05) is 7.05 Å². The molecular formula is C15H29N3O. The maximum absolute atomic E-state index is 5.33. The van der Waals surface area contributed by atoms with Crippen molar-refractivity contribution in [3.63, 3.8) is 0 Å². The summed E-state index contributed by atoms with van der Waals surface area (Å²) in [5, 5.41) is 8.06. The number of hydrogen-bond acceptors (Lipinski definition) is 3. The first-order chi connectivity index (χ1) is 9.14. The van der Waals surface area contributed by atoms with Crippen LogP contribution in [-0.2, 0) is 11.2 Å². The Morgan fingerprint density at radius 3 is 2.58 bits per heavy atom. The van der Waals surface area contributed by atoms with Gasteiger partial charge in [-0.3, -0.25) is 4.68 Å². The Morgan fingerprint density at radius 2 is 2.05 bits per heavy atom. The molecule has 0 fully saturated rings. The van der Waals surface area contributed by atoms with Crippen molar-refractivity contribution < 1.29 is 4.74 Å². The van der Waals surface area contributed by atoms with Crippen LogP contribution in [0.2, 0.25) is 0 Å². The van der Waals surface area contributed by atoms with Gasteiger partial charge in [-0.25, -0.2) is 0 Å². The Balaban J connectivity index is 2.60. The van der Waals surface area contributed by atoms with Crippen LogP contribution in [0.15, 0.2) is 12.3 Å². The zero-order valence-electron chi connectivity index (χ0n) is 13.0. The van der Waals surface area contributed by atoms with Crippen molar-refractivity contribution in [1.29, 1.82) is 0 Å². The van der Waals surface area contributed by atoms with Crippen LogP contribution < -0.4 is 5.32 Å². The minimum absolute atomic E-state index is 0.276. The maximum atomic E-state index is 5.33. The number of rotatable bonds is 9. The lowest BCUT2D eigenvalue weighted by molar-refractivity contribution is 0.101. The molecule has 4 nitrogen and oxygen atoms in total. The summed E-state index contributed by atoms with van der Waals surface area (Å²) >= 11 is 0. The Hall–Kier alpha value is -0.870. The van der Waals surface area contributed by atoms with E-state index in [1.54, 1.807) is 7.11 Å². The molecule has 2 atom stereocenters. The first kappa shape index (κ1) is 16.2. The third kappa shape index (κ3) is 4.96. The molecule has 1 N–H and O–H groups in total. The standard InChI is InChI=1S/C15H29N3O/c1-6-15(7-2)18-9-8-13(17-18)11-14(16-4)10-12(3)19-5/h8-9,12,14-16H,6-7,10-11H2,1-5H3. The molecule has 1 aromatic rings. The van der Waals surface area contributed by atoms with Gasteiger partial charge in [-0.1, -0.05) is 13.8 Å². The highest BCUT2D eigenvalue weighted by atomic mass is 16.5. The van der Waals surface area contributed by atoms with Crippen molar-refractivity contribution in [2.45, 2.75) is 64.6 Å². The van der Waals surface area contributed by atoms with Gasteiger partial charge in [0.2, 0.25) is 0 Å². The van der Waals surface area contributed by atoms with Crippen LogP contribution >= 0.6 is 0 Å². The summed E-state index contributed by atoms with van der Waals surface area (Å²) in [6.07, 6.45) is 6.61. The summed E-state index contributed by atoms with van der Waals surface area (Å²) in [6.45, 7) is 6.53. The quantitative estimate of drug-likeness (QED) is 0.748. The number of nitrogens with zero attached hydrogens (tertiary/aromatic N) is 2. The van der Waals surface area contributed by atoms with Crippen LogP contribution in [0.1, 0.15) is 51.8 Å². The van der Waals surface area contributed by atoms with Crippen molar-refractivity contribution in [1.82, 2.24) is 15.1 Å². The molecule has 2 unspecified atom stereocenters. The third-order valence-corrected chi connectivity index (χ3v) is 3.86. The van der Waals surface area contributed by atoms with Crippen LogP contribution in [0.5, 0.6) is 0 Å². The number of hydrogen-bond donors (Lipinski definition) is 1. The Morgan fingerprint density at radius 1 is 1.37 bits per heavy atom. The summed E-state index contributed by atoms with van der Waals surface area (Å²) in [6, 6.07) is 3.08. The second kappa shape index (κ2) is 8.33. The zero-order valence-corrected chi connectivity index (χ0v) is 13.0. The molecule has 0 spiro atoms. The predicted octanol–water partition coefficient (Wildman–Crippen LogP) is 2.80. The van der Waals surface area contributed by atoms with Gasteiger partial charge in [0, 0.05) is 25.8 Å². The molecule has 0 bridgehead atoms. The SMILES string of the molecule is CCC(CC)n1ccc(CC(CC(C)OC)NC)n1. The van der Waals surface area contributed by atoms with Crippen molar-refractivity contribution in [3.05, 3.63) is 18.0 Å². The molecule has 0 aliphatic carbocycles. The molecule has 0 aliphatic rings. The molecule has 4 heteroatoms. The Bertz CT molecular complexity index is 347. The molecule has 110 valence electrons. The van der Waals surface area contributed by atoms with Gasteiger partial charge in [-0.15, -0.1) is 0 Å². The molecular weight excluding hydrogens is 238 g/mol. The number of aromatic nitrogens is 2. The third-order valence-electron chi connectivity index (χ3n) is 3.86. The molecule has 1 aromatic heterocycles. The summed E-state index contributed by atoms with van der Waals surface area (Å²) in [5.41, 5.74) is 1.16. The number of ether oxygens (including phenoxy) is 1. The molecule has 0 amide bonds. The average Bonchev–Trinajstić information content (AvgIpc) is 2.87. The van der Waals surface area contributed by atoms with Crippen molar-refractivity contribution >= 4 is 0 Å². The molecule has 0 aromatic carbocycles. The smallest absolute Gasteiger partial charge is 0.0640 e. The van der Waals surface area contributed by atoms with E-state index in [1.165, 1.54) is 0 Å². The van der Waals surface area contributed by atoms with Crippen molar-refractivity contribution in [2.75, 3.05) is 14.2 Å². The summed E-state index contributed by atoms with van der Waals surface area (Å²) < 4.78 is 7.45. The highest BCUT2D eigenvalue weighted by Gasteiger charge is 2.14. The first-order valence-corrected chi connectivity index (χ1v) is 7.38. The van der Waals surface area contributed by atoms with E-state index in [-0.39, 0.29) is 6.10 Å². The molecule has 0 saturated heterocycles. The zero-order chi connectivity index (χ0) is 14.3. The van der Waals surface area contributed by atoms with Gasteiger partial charge in [-0.05, 0) is 39.3 Å². The van der Waals surface area contributed by atoms with Crippen molar-refractivity contribution in [2.24, 2.45) is 0 Å². The molecule has 0 saturated carbocycles. The first-order valence-electron chi connectivity index (χ1n) is 7.38. The molecule has 0 aliphatic heterocycles. The van der Waals surface area contributed by atoms with Gasteiger partial charge < -0.3 is 10.1 Å². The minimum Gasteiger partial charge on any atom is -0.382 e. The van der Waals surface area contributed by atoms with Crippen LogP contribution in [-0.4, -0.2) is 36.1 Å². The van der Waals surface area contributed by atoms with Gasteiger partial charge in [-0.2, -0.15) is 5.10 Å². The van der Waals surface area contributed by atoms with Crippen LogP contribution in [0.3, 0.4) is 0 Å². The average molecular weight is 267 g/mol. The number of likely N-dealkylation sites (N-methyl/N-ethyl adjacent to an activating group) is 1. The van der Waals surface area contributed by atoms with E-state index in [4.69, 9.17) is 9.84 Å². The van der Waals surface area contributed by atoms with E-state index in [0.29, 0.717) is 12.1 Å². The van der Waals surface area contributed by atoms with E-state index >= 15 is 0 Å². The lowest BCUT2D eigenvalue weighted by Crippen LogP contribution is -2.31. The van der Waals surface area contributed by atoms with E-state index in [2.05, 4.69) is 43.0 Å². The van der Waals surface area contributed by atoms with Gasteiger partial charge in [0.05, 0.1) is 17.8 Å². The molecule has 19 heavy (non-hydrogen) atoms. The lowest BCUT2D eigenvalue weighted by Gasteiger charge is -2.19. The fourth-order valence-electron chi connectivity index (χ4n) is 2.41. The normalized spacial score (nSPS) is 14.8. The highest BCUT2D eigenvalue weighted by Crippen LogP contribution is 2.15. The van der Waals surface area contributed by atoms with Crippen LogP contribution in [0, 0.1) is 0 Å². The second-order valence-electron chi connectivity index (χ2n) is 5.23. The van der Waals surface area contributed by atoms with Gasteiger partial charge in [0.15, 0.2) is 0 Å². The Kier molecular flexibility index (Phi) is 7.10. The maximum Gasteiger partial charge on any atom is 0.0640 e. The number of nitrogens with one attached hydrogen (secondary N) is 1. The second-order valence-corrected chi connectivity index (χ2v) is 5.23. The van der Waals surface area contributed by atoms with Crippen LogP contribution in [0.4, 0.5) is 0 Å². The van der Waals surface area contributed by atoms with Crippen molar-refractivity contribution in [3.8, 4) is 0 Å². The fourth-order valence-corrected chi connectivity index (χ4v) is 2.41. The van der Waals surface area contributed by atoms with Gasteiger partial charge >= 0.3 is 0 Å². The summed E-state index contributed by atoms with van der Waals surface area (Å²) in [5.74, 6) is 0. The van der Waals surface area contributed by atoms with Crippen LogP contribution in [0.25, 0.3) is 0 Å². The summed E-state index contributed by atoms with van der Waals surface area (Å²) in [4.78, 5) is 0. The lowest BCUT2D eigenvalue weighted by atomic mass is 10.1. The monoisotopic (exact) mass is 267 g/mol. The molecule has 1 rings (SSSR count). The highest BCUT2D eigenvalue weighted by molar-refractivity contribution is 5.02. The van der Waals surface area contributed by atoms with E-state index in [9.17, 15) is 0 Å². The minimum atomic E-state index is 0.276. The van der Waals surface area contributed by atoms with E-state index in [0.717, 1.165) is 31.4 Å².